The summed E-state index contributed by atoms with van der Waals surface area (Å²) in [4.78, 5) is 0. The number of halogens is 2. The second-order valence-electron chi connectivity index (χ2n) is 1.69. The van der Waals surface area contributed by atoms with Gasteiger partial charge in [0, 0.05) is 0 Å². The third kappa shape index (κ3) is 4.72. The third-order valence-electron chi connectivity index (χ3n) is 0.996. The lowest BCUT2D eigenvalue weighted by atomic mass is 10.3. The van der Waals surface area contributed by atoms with Crippen LogP contribution >= 0.6 is 23.7 Å². The SMILES string of the molecule is ClOCl.Nc1ccccc1N. The van der Waals surface area contributed by atoms with E-state index >= 15 is 0 Å². The van der Waals surface area contributed by atoms with Crippen LogP contribution in [0.2, 0.25) is 0 Å². The highest BCUT2D eigenvalue weighted by atomic mass is 35.6. The van der Waals surface area contributed by atoms with E-state index < -0.39 is 0 Å². The Morgan fingerprint density at radius 3 is 1.45 bits per heavy atom. The quantitative estimate of drug-likeness (QED) is 0.623. The summed E-state index contributed by atoms with van der Waals surface area (Å²) in [5.74, 6) is 0. The Balaban J connectivity index is 0.000000292. The Hall–Kier alpha value is -0.640. The number of anilines is 2. The molecular weight excluding hydrogens is 187 g/mol. The van der Waals surface area contributed by atoms with Gasteiger partial charge < -0.3 is 11.5 Å². The standard InChI is InChI=1S/C6H8N2.Cl2O/c7-5-3-1-2-4-6(5)8;1-3-2/h1-4H,7-8H2;. The highest BCUT2D eigenvalue weighted by molar-refractivity contribution is 6.24. The van der Waals surface area contributed by atoms with Crippen molar-refractivity contribution in [3.05, 3.63) is 24.3 Å². The highest BCUT2D eigenvalue weighted by Gasteiger charge is 1.85. The van der Waals surface area contributed by atoms with E-state index in [1.807, 2.05) is 12.1 Å². The fourth-order valence-corrected chi connectivity index (χ4v) is 0.511. The lowest BCUT2D eigenvalue weighted by Gasteiger charge is -1.94. The van der Waals surface area contributed by atoms with Gasteiger partial charge in [0.15, 0.2) is 0 Å². The van der Waals surface area contributed by atoms with E-state index in [2.05, 4.69) is 27.6 Å². The molecule has 0 amide bonds. The Morgan fingerprint density at radius 1 is 1.00 bits per heavy atom. The van der Waals surface area contributed by atoms with Crippen LogP contribution in [0.4, 0.5) is 11.4 Å². The van der Waals surface area contributed by atoms with Crippen molar-refractivity contribution >= 4 is 35.1 Å². The zero-order chi connectivity index (χ0) is 8.69. The van der Waals surface area contributed by atoms with Crippen molar-refractivity contribution in [3.8, 4) is 0 Å². The summed E-state index contributed by atoms with van der Waals surface area (Å²) < 4.78 is 3.19. The highest BCUT2D eigenvalue weighted by Crippen LogP contribution is 2.10. The molecule has 0 radical (unpaired) electrons. The van der Waals surface area contributed by atoms with E-state index in [1.54, 1.807) is 12.1 Å². The molecule has 0 aliphatic carbocycles. The third-order valence-corrected chi connectivity index (χ3v) is 0.996. The van der Waals surface area contributed by atoms with Crippen molar-refractivity contribution in [2.45, 2.75) is 0 Å². The first-order valence-electron chi connectivity index (χ1n) is 2.71. The van der Waals surface area contributed by atoms with Crippen LogP contribution in [0.5, 0.6) is 0 Å². The van der Waals surface area contributed by atoms with Gasteiger partial charge in [0.1, 0.15) is 0 Å². The summed E-state index contributed by atoms with van der Waals surface area (Å²) >= 11 is 8.53. The first-order valence-corrected chi connectivity index (χ1v) is 3.33. The van der Waals surface area contributed by atoms with Crippen LogP contribution in [0.1, 0.15) is 0 Å². The smallest absolute Gasteiger partial charge is 0.0832 e. The van der Waals surface area contributed by atoms with Gasteiger partial charge in [0.05, 0.1) is 35.1 Å². The lowest BCUT2D eigenvalue weighted by molar-refractivity contribution is 0.697. The van der Waals surface area contributed by atoms with Crippen molar-refractivity contribution in [2.24, 2.45) is 0 Å². The number of hydrogen-bond acceptors (Lipinski definition) is 3. The maximum atomic E-state index is 5.39. The van der Waals surface area contributed by atoms with Crippen LogP contribution in [0.15, 0.2) is 24.3 Å². The Labute approximate surface area is 75.2 Å². The number of hydrogen-bond donors (Lipinski definition) is 2. The summed E-state index contributed by atoms with van der Waals surface area (Å²) in [6.07, 6.45) is 0. The number of nitrogens with two attached hydrogens (primary N) is 2. The minimum atomic E-state index is 0.646. The Morgan fingerprint density at radius 2 is 1.27 bits per heavy atom. The summed E-state index contributed by atoms with van der Waals surface area (Å²) in [5, 5.41) is 0. The number of rotatable bonds is 0. The molecule has 1 rings (SSSR count). The molecule has 0 aromatic heterocycles. The van der Waals surface area contributed by atoms with E-state index in [1.165, 1.54) is 0 Å². The second kappa shape index (κ2) is 6.09. The molecule has 3 nitrogen and oxygen atoms in total. The van der Waals surface area contributed by atoms with Gasteiger partial charge >= 0.3 is 0 Å². The first kappa shape index (κ1) is 10.4. The zero-order valence-corrected chi connectivity index (χ0v) is 7.14. The molecule has 1 aromatic carbocycles. The molecule has 0 heterocycles. The molecule has 0 saturated carbocycles. The van der Waals surface area contributed by atoms with Gasteiger partial charge in [-0.3, -0.25) is 0 Å². The maximum absolute atomic E-state index is 5.39. The number of para-hydroxylation sites is 2. The van der Waals surface area contributed by atoms with E-state index in [9.17, 15) is 0 Å². The van der Waals surface area contributed by atoms with Crippen LogP contribution in [0.25, 0.3) is 0 Å². The Kier molecular flexibility index (Phi) is 5.74. The van der Waals surface area contributed by atoms with E-state index in [0.29, 0.717) is 11.4 Å². The first-order chi connectivity index (χ1) is 5.22. The fraction of sp³-hybridized carbons (Fsp3) is 0. The predicted octanol–water partition coefficient (Wildman–Crippen LogP) is 2.16. The van der Waals surface area contributed by atoms with Crippen molar-refractivity contribution < 1.29 is 3.84 Å². The van der Waals surface area contributed by atoms with Gasteiger partial charge in [-0.2, -0.15) is 3.84 Å². The molecule has 0 saturated heterocycles. The lowest BCUT2D eigenvalue weighted by Crippen LogP contribution is -1.91. The van der Waals surface area contributed by atoms with Gasteiger partial charge in [-0.05, 0) is 12.1 Å². The van der Waals surface area contributed by atoms with Gasteiger partial charge in [-0.1, -0.05) is 12.1 Å². The molecule has 4 N–H and O–H groups in total. The van der Waals surface area contributed by atoms with Crippen LogP contribution in [0, 0.1) is 0 Å². The van der Waals surface area contributed by atoms with Crippen molar-refractivity contribution in [3.63, 3.8) is 0 Å². The van der Waals surface area contributed by atoms with Gasteiger partial charge in [0.2, 0.25) is 0 Å². The topological polar surface area (TPSA) is 61.3 Å². The van der Waals surface area contributed by atoms with E-state index in [4.69, 9.17) is 11.5 Å². The van der Waals surface area contributed by atoms with Gasteiger partial charge in [-0.15, -0.1) is 0 Å². The summed E-state index contributed by atoms with van der Waals surface area (Å²) in [7, 11) is 0. The molecule has 0 atom stereocenters. The predicted molar refractivity (Wildman–Crippen MR) is 48.1 cm³/mol. The van der Waals surface area contributed by atoms with Crippen molar-refractivity contribution in [1.82, 2.24) is 0 Å². The molecule has 1 aromatic rings. The monoisotopic (exact) mass is 194 g/mol. The molecule has 5 heteroatoms. The molecule has 0 fully saturated rings. The molecule has 0 aliphatic heterocycles. The van der Waals surface area contributed by atoms with E-state index in [-0.39, 0.29) is 0 Å². The largest absolute Gasteiger partial charge is 0.397 e. The normalized spacial score (nSPS) is 8.18. The number of nitrogen functional groups attached to an aromatic ring is 2. The zero-order valence-electron chi connectivity index (χ0n) is 5.63. The molecule has 11 heavy (non-hydrogen) atoms. The number of benzene rings is 1. The summed E-state index contributed by atoms with van der Waals surface area (Å²) in [6.45, 7) is 0. The average Bonchev–Trinajstić information content (AvgIpc) is 1.97. The van der Waals surface area contributed by atoms with Gasteiger partial charge in [-0.25, -0.2) is 0 Å². The Bertz CT molecular complexity index is 187. The maximum Gasteiger partial charge on any atom is 0.0832 e. The van der Waals surface area contributed by atoms with Crippen molar-refractivity contribution in [1.29, 1.82) is 0 Å². The van der Waals surface area contributed by atoms with Crippen molar-refractivity contribution in [2.75, 3.05) is 11.5 Å². The average molecular weight is 195 g/mol. The van der Waals surface area contributed by atoms with Crippen LogP contribution in [0.3, 0.4) is 0 Å². The van der Waals surface area contributed by atoms with Crippen LogP contribution in [-0.4, -0.2) is 0 Å². The fourth-order valence-electron chi connectivity index (χ4n) is 0.511. The second-order valence-corrected chi connectivity index (χ2v) is 2.15. The molecule has 0 unspecified atom stereocenters. The summed E-state index contributed by atoms with van der Waals surface area (Å²) in [6, 6.07) is 7.25. The molecule has 0 aliphatic rings. The minimum absolute atomic E-state index is 0.646. The minimum Gasteiger partial charge on any atom is -0.397 e. The molecule has 62 valence electrons. The summed E-state index contributed by atoms with van der Waals surface area (Å²) in [5.41, 5.74) is 12.1. The molecule has 0 spiro atoms. The molecular formula is C6H8Cl2N2O. The van der Waals surface area contributed by atoms with Crippen LogP contribution < -0.4 is 11.5 Å². The van der Waals surface area contributed by atoms with Gasteiger partial charge in [0.25, 0.3) is 0 Å². The van der Waals surface area contributed by atoms with Crippen LogP contribution in [-0.2, 0) is 3.84 Å². The molecule has 0 bridgehead atoms. The van der Waals surface area contributed by atoms with E-state index in [0.717, 1.165) is 0 Å².